The number of amides is 4. The number of aromatic nitrogens is 4. The first-order valence-electron chi connectivity index (χ1n) is 40.3. The average molecular weight is 1780 g/mol. The fraction of sp³-hybridized carbons (Fsp3) is 0.258. The van der Waals surface area contributed by atoms with Crippen LogP contribution in [0, 0.1) is 105 Å². The smallest absolute Gasteiger partial charge is 0.356 e. The molecule has 0 bridgehead atoms. The Kier molecular flexibility index (Phi) is 26.8. The molecule has 4 aliphatic rings. The van der Waals surface area contributed by atoms with Gasteiger partial charge in [-0.05, 0) is 233 Å². The molecule has 0 aliphatic carbocycles. The van der Waals surface area contributed by atoms with Crippen molar-refractivity contribution in [1.29, 1.82) is 0 Å². The lowest BCUT2D eigenvalue weighted by molar-refractivity contribution is -0.121. The zero-order valence-electron chi connectivity index (χ0n) is 70.4. The highest BCUT2D eigenvalue weighted by Gasteiger charge is 2.62. The Bertz CT molecular complexity index is 6770. The lowest BCUT2D eigenvalue weighted by Crippen LogP contribution is -2.46. The molecule has 4 aliphatic heterocycles. The van der Waals surface area contributed by atoms with E-state index < -0.39 is 41.0 Å². The normalized spacial score (nSPS) is 13.8. The van der Waals surface area contributed by atoms with Gasteiger partial charge in [0.05, 0.1) is 73.8 Å². The molecule has 0 spiro atoms. The molecule has 30 heteroatoms. The summed E-state index contributed by atoms with van der Waals surface area (Å²) in [6.07, 6.45) is 23.5. The van der Waals surface area contributed by atoms with Crippen LogP contribution in [0.25, 0.3) is 43.6 Å². The molecule has 24 nitrogen and oxygen atoms in total. The Hall–Kier alpha value is -13.9. The van der Waals surface area contributed by atoms with Crippen LogP contribution in [0.1, 0.15) is 134 Å². The number of carbonyl (C=O) groups excluding carboxylic acids is 8. The molecular weight excluding hydrogens is 1700 g/mol. The molecule has 0 saturated heterocycles. The van der Waals surface area contributed by atoms with Crippen molar-refractivity contribution in [2.24, 2.45) is 40.9 Å². The SMILES string of the molecule is C#CC(F)(F)C1(CNC(=O)Cc2c(C)n(C(=O)c3ccc(Cl)cc3)c3cc(C)ccc23)N=N1.C#CC1(CNC(=O)Cc2c(C)n(C(=O)c3ccc(Cl)cc3)c3cc(C)ccc23)N=N1.C#CCC1(CNC(=O)Cc2c(C)n(C(=O)c3ccc(Cl)cc3)c3cc(C)ccc23)N=N1.C#CCCC1(CCNC(=O)Cc2c(C)n(C(=O)c3ccc(Cl)cc3)c3cc(C)ccc23)N=N1. The van der Waals surface area contributed by atoms with Crippen LogP contribution in [0.4, 0.5) is 8.78 Å². The van der Waals surface area contributed by atoms with Crippen molar-refractivity contribution in [1.82, 2.24) is 39.5 Å². The Morgan fingerprint density at radius 1 is 0.370 bits per heavy atom. The number of fused-ring (bicyclic) bond motifs is 4. The third-order valence-corrected chi connectivity index (χ3v) is 23.4. The monoisotopic (exact) mass is 1780 g/mol. The largest absolute Gasteiger partial charge is 0.357 e. The topological polar surface area (TPSA) is 303 Å². The molecule has 12 aromatic rings. The summed E-state index contributed by atoms with van der Waals surface area (Å²) in [5.74, 6) is 3.61. The second-order valence-corrected chi connectivity index (χ2v) is 33.2. The standard InChI is InChI=1S/C26H25ClN4O2.C24H19ClF2N4O2.C24H21ClN4O2.C23H19ClN4O2/c1-4-5-12-26(29-30-26)13-14-28-24(32)16-22-18(3)31(23-15-17(2)6-11-21(22)23)25(33)19-7-9-20(27)10-8-19;1-4-23(26,27)24(29-30-24)13-28-21(32)12-19-15(3)31(20-11-14(2)5-10-18(19)20)22(33)16-6-8-17(25)9-7-16;1-4-11-24(27-28-24)14-26-22(30)13-20-16(3)29(21-12-15(2)5-10-19(20)21)23(31)17-6-8-18(25)9-7-17;1-4-23(26-27-23)13-25-21(29)12-19-15(3)28(20-11-14(2)5-10-18(19)20)22(30)16-6-8-17(24)9-7-16/h1,6-11,15H,5,12-14,16H2,2-3H3,(H,28,32);1,5-11H,12-13H2,2-3H3,(H,28,32);1,5-10,12H,11,13-14H2,2-3H3,(H,26,30);1,5-11H,12-13H2,2-3H3,(H,25,29). The molecule has 127 heavy (non-hydrogen) atoms. The van der Waals surface area contributed by atoms with Gasteiger partial charge in [-0.15, -0.1) is 58.0 Å². The number of rotatable bonds is 25. The highest BCUT2D eigenvalue weighted by Crippen LogP contribution is 2.43. The highest BCUT2D eigenvalue weighted by molar-refractivity contribution is 6.32. The van der Waals surface area contributed by atoms with Crippen molar-refractivity contribution in [2.75, 3.05) is 26.2 Å². The molecule has 0 saturated carbocycles. The van der Waals surface area contributed by atoms with E-state index in [2.05, 4.69) is 79.9 Å². The van der Waals surface area contributed by atoms with Crippen LogP contribution < -0.4 is 21.3 Å². The summed E-state index contributed by atoms with van der Waals surface area (Å²) >= 11 is 23.9. The predicted molar refractivity (Wildman–Crippen MR) is 486 cm³/mol. The van der Waals surface area contributed by atoms with E-state index in [9.17, 15) is 47.1 Å². The van der Waals surface area contributed by atoms with Gasteiger partial charge < -0.3 is 21.3 Å². The van der Waals surface area contributed by atoms with Crippen molar-refractivity contribution in [3.63, 3.8) is 0 Å². The molecule has 642 valence electrons. The average Bonchev–Trinajstić information content (AvgIpc) is 1.69. The predicted octanol–water partition coefficient (Wildman–Crippen LogP) is 18.4. The zero-order valence-corrected chi connectivity index (χ0v) is 73.4. The Labute approximate surface area is 750 Å². The van der Waals surface area contributed by atoms with E-state index in [1.54, 1.807) is 122 Å². The molecule has 0 fully saturated rings. The Morgan fingerprint density at radius 2 is 0.669 bits per heavy atom. The number of hydrogen-bond donors (Lipinski definition) is 4. The number of nitrogens with zero attached hydrogens (tertiary/aromatic N) is 12. The van der Waals surface area contributed by atoms with E-state index >= 15 is 0 Å². The molecule has 16 rings (SSSR count). The maximum absolute atomic E-state index is 13.8. The van der Waals surface area contributed by atoms with E-state index in [1.165, 1.54) is 5.92 Å². The summed E-state index contributed by atoms with van der Waals surface area (Å²) in [6.45, 7) is 15.5. The minimum absolute atomic E-state index is 0.107. The van der Waals surface area contributed by atoms with Gasteiger partial charge in [0.25, 0.3) is 35.0 Å². The summed E-state index contributed by atoms with van der Waals surface area (Å²) in [6, 6.07) is 50.2. The van der Waals surface area contributed by atoms with E-state index in [1.807, 2.05) is 121 Å². The van der Waals surface area contributed by atoms with Crippen molar-refractivity contribution < 1.29 is 47.1 Å². The third-order valence-electron chi connectivity index (χ3n) is 22.4. The minimum atomic E-state index is -3.59. The van der Waals surface area contributed by atoms with E-state index in [0.717, 1.165) is 94.1 Å². The first-order chi connectivity index (χ1) is 60.6. The fourth-order valence-corrected chi connectivity index (χ4v) is 15.5. The molecule has 4 amide bonds. The number of benzene rings is 8. The van der Waals surface area contributed by atoms with Crippen molar-refractivity contribution in [3.05, 3.63) is 279 Å². The van der Waals surface area contributed by atoms with Gasteiger partial charge in [0, 0.05) is 112 Å². The first-order valence-corrected chi connectivity index (χ1v) is 41.8. The molecule has 8 aromatic carbocycles. The number of terminal acetylenes is 4. The lowest BCUT2D eigenvalue weighted by Gasteiger charge is -2.17. The molecule has 0 unspecified atom stereocenters. The number of alkyl halides is 2. The van der Waals surface area contributed by atoms with Crippen LogP contribution in [-0.4, -0.2) is 120 Å². The fourth-order valence-electron chi connectivity index (χ4n) is 15.0. The third kappa shape index (κ3) is 20.3. The van der Waals surface area contributed by atoms with Crippen molar-refractivity contribution in [3.8, 4) is 49.4 Å². The zero-order chi connectivity index (χ0) is 91.2. The van der Waals surface area contributed by atoms with Crippen LogP contribution in [0.15, 0.2) is 211 Å². The van der Waals surface area contributed by atoms with Gasteiger partial charge in [0.15, 0.2) is 5.66 Å². The quantitative estimate of drug-likeness (QED) is 0.0398. The van der Waals surface area contributed by atoms with Gasteiger partial charge in [-0.25, -0.2) is 0 Å². The van der Waals surface area contributed by atoms with Gasteiger partial charge in [0.1, 0.15) is 0 Å². The summed E-state index contributed by atoms with van der Waals surface area (Å²) in [7, 11) is 0. The van der Waals surface area contributed by atoms with E-state index in [0.29, 0.717) is 91.3 Å². The first kappa shape index (κ1) is 90.9. The van der Waals surface area contributed by atoms with Crippen molar-refractivity contribution in [2.45, 2.75) is 135 Å². The summed E-state index contributed by atoms with van der Waals surface area (Å²) in [5, 5.41) is 47.0. The van der Waals surface area contributed by atoms with Crippen LogP contribution >= 0.6 is 46.4 Å². The second-order valence-electron chi connectivity index (χ2n) is 31.4. The maximum atomic E-state index is 13.8. The lowest BCUT2D eigenvalue weighted by atomic mass is 10.0. The second kappa shape index (κ2) is 37.5. The number of halogens is 6. The number of hydrogen-bond acceptors (Lipinski definition) is 16. The van der Waals surface area contributed by atoms with Crippen LogP contribution in [0.5, 0.6) is 0 Å². The number of carbonyl (C=O) groups is 8. The molecular formula is C97H84Cl4F2N16O8. The molecule has 0 atom stereocenters. The van der Waals surface area contributed by atoms with Crippen LogP contribution in [0.2, 0.25) is 20.1 Å². The summed E-state index contributed by atoms with van der Waals surface area (Å²) in [4.78, 5) is 104. The van der Waals surface area contributed by atoms with E-state index in [4.69, 9.17) is 72.1 Å². The van der Waals surface area contributed by atoms with Gasteiger partial charge >= 0.3 is 5.92 Å². The molecule has 4 aromatic heterocycles. The highest BCUT2D eigenvalue weighted by atomic mass is 35.5. The van der Waals surface area contributed by atoms with Gasteiger partial charge in [-0.1, -0.05) is 94.9 Å². The van der Waals surface area contributed by atoms with Crippen LogP contribution in [-0.2, 0) is 44.9 Å². The molecule has 8 heterocycles. The Balaban J connectivity index is 0.000000145. The van der Waals surface area contributed by atoms with Gasteiger partial charge in [-0.2, -0.15) is 29.2 Å². The summed E-state index contributed by atoms with van der Waals surface area (Å²) < 4.78 is 34.2. The van der Waals surface area contributed by atoms with Crippen LogP contribution in [0.3, 0.4) is 0 Å². The number of nitrogens with one attached hydrogen (secondary N) is 4. The minimum Gasteiger partial charge on any atom is -0.356 e. The molecule has 0 radical (unpaired) electrons. The van der Waals surface area contributed by atoms with Crippen molar-refractivity contribution >= 4 is 137 Å². The molecule has 4 N–H and O–H groups in total. The summed E-state index contributed by atoms with van der Waals surface area (Å²) in [5.41, 5.74) is 10.8. The maximum Gasteiger partial charge on any atom is 0.357 e. The van der Waals surface area contributed by atoms with Gasteiger partial charge in [-0.3, -0.25) is 56.6 Å². The van der Waals surface area contributed by atoms with Gasteiger partial charge in [0.2, 0.25) is 29.3 Å². The Morgan fingerprint density at radius 3 is 0.937 bits per heavy atom. The van der Waals surface area contributed by atoms with E-state index in [-0.39, 0.29) is 80.1 Å². The number of aryl methyl sites for hydroxylation is 4.